The fraction of sp³-hybridized carbons (Fsp3) is 0.909. The van der Waals surface area contributed by atoms with Crippen LogP contribution >= 0.6 is 0 Å². The molecule has 2 fully saturated rings. The zero-order valence-electron chi connectivity index (χ0n) is 8.37. The van der Waals surface area contributed by atoms with Crippen molar-refractivity contribution in [2.75, 3.05) is 0 Å². The molecule has 0 aliphatic heterocycles. The van der Waals surface area contributed by atoms with Crippen molar-refractivity contribution in [1.29, 1.82) is 0 Å². The first-order chi connectivity index (χ1) is 6.29. The predicted molar refractivity (Wildman–Crippen MR) is 50.4 cm³/mol. The molecule has 0 heterocycles. The molecule has 0 spiro atoms. The summed E-state index contributed by atoms with van der Waals surface area (Å²) in [5.41, 5.74) is 0. The average molecular weight is 241 g/mol. The smallest absolute Gasteiger partial charge is 0.306 e. The van der Waals surface area contributed by atoms with Crippen LogP contribution in [-0.4, -0.2) is 11.1 Å². The molecule has 0 saturated heterocycles. The molecule has 83 valence electrons. The van der Waals surface area contributed by atoms with E-state index < -0.39 is 5.97 Å². The second-order valence-corrected chi connectivity index (χ2v) is 4.58. The molecular formula is C11H18CoO2. The van der Waals surface area contributed by atoms with Crippen molar-refractivity contribution in [2.24, 2.45) is 17.8 Å². The van der Waals surface area contributed by atoms with Crippen LogP contribution in [0.3, 0.4) is 0 Å². The Labute approximate surface area is 95.7 Å². The summed E-state index contributed by atoms with van der Waals surface area (Å²) in [6.45, 7) is 0. The van der Waals surface area contributed by atoms with Gasteiger partial charge >= 0.3 is 5.97 Å². The first kappa shape index (κ1) is 12.0. The van der Waals surface area contributed by atoms with Gasteiger partial charge in [0.15, 0.2) is 0 Å². The second kappa shape index (κ2) is 5.17. The Morgan fingerprint density at radius 1 is 1.00 bits per heavy atom. The van der Waals surface area contributed by atoms with Gasteiger partial charge in [-0.05, 0) is 24.7 Å². The molecule has 0 aromatic rings. The maximum atomic E-state index is 11.0. The van der Waals surface area contributed by atoms with Crippen molar-refractivity contribution in [3.63, 3.8) is 0 Å². The normalized spacial score (nSPS) is 36.7. The van der Waals surface area contributed by atoms with Gasteiger partial charge < -0.3 is 5.11 Å². The number of carbonyl (C=O) groups is 1. The number of carboxylic acids is 1. The van der Waals surface area contributed by atoms with Crippen LogP contribution in [0, 0.1) is 17.8 Å². The molecule has 1 radical (unpaired) electrons. The van der Waals surface area contributed by atoms with E-state index >= 15 is 0 Å². The van der Waals surface area contributed by atoms with Gasteiger partial charge in [0.25, 0.3) is 0 Å². The SMILES string of the molecule is O=C(O)C1CCCC2CCCCC21.[Co]. The van der Waals surface area contributed by atoms with Crippen LogP contribution in [0.25, 0.3) is 0 Å². The summed E-state index contributed by atoms with van der Waals surface area (Å²) >= 11 is 0. The van der Waals surface area contributed by atoms with E-state index in [9.17, 15) is 4.79 Å². The maximum absolute atomic E-state index is 11.0. The number of hydrogen-bond acceptors (Lipinski definition) is 1. The molecule has 0 aromatic heterocycles. The zero-order valence-corrected chi connectivity index (χ0v) is 9.41. The summed E-state index contributed by atoms with van der Waals surface area (Å²) in [4.78, 5) is 11.0. The van der Waals surface area contributed by atoms with Gasteiger partial charge in [0, 0.05) is 16.8 Å². The number of rotatable bonds is 1. The Morgan fingerprint density at radius 2 is 1.64 bits per heavy atom. The van der Waals surface area contributed by atoms with Crippen LogP contribution in [0.2, 0.25) is 0 Å². The summed E-state index contributed by atoms with van der Waals surface area (Å²) in [5, 5.41) is 9.08. The Kier molecular flexibility index (Phi) is 4.45. The third-order valence-corrected chi connectivity index (χ3v) is 3.89. The van der Waals surface area contributed by atoms with Crippen LogP contribution in [0.5, 0.6) is 0 Å². The summed E-state index contributed by atoms with van der Waals surface area (Å²) < 4.78 is 0. The Hall–Kier alpha value is -0.0235. The topological polar surface area (TPSA) is 37.3 Å². The van der Waals surface area contributed by atoms with Crippen LogP contribution in [0.1, 0.15) is 44.9 Å². The van der Waals surface area contributed by atoms with Crippen molar-refractivity contribution in [3.05, 3.63) is 0 Å². The van der Waals surface area contributed by atoms with E-state index in [0.29, 0.717) is 5.92 Å². The van der Waals surface area contributed by atoms with Crippen LogP contribution in [0.4, 0.5) is 0 Å². The molecule has 1 N–H and O–H groups in total. The standard InChI is InChI=1S/C11H18O2.Co/c12-11(13)10-7-3-5-8-4-1-2-6-9(8)10;/h8-10H,1-7H2,(H,12,13);. The molecule has 14 heavy (non-hydrogen) atoms. The minimum atomic E-state index is -0.545. The molecule has 2 saturated carbocycles. The quantitative estimate of drug-likeness (QED) is 0.766. The minimum Gasteiger partial charge on any atom is -0.481 e. The third-order valence-electron chi connectivity index (χ3n) is 3.89. The first-order valence-corrected chi connectivity index (χ1v) is 5.52. The van der Waals surface area contributed by atoms with Crippen LogP contribution in [-0.2, 0) is 21.6 Å². The molecule has 3 heteroatoms. The molecule has 2 rings (SSSR count). The van der Waals surface area contributed by atoms with Gasteiger partial charge in [-0.1, -0.05) is 32.1 Å². The molecule has 2 nitrogen and oxygen atoms in total. The fourth-order valence-corrected chi connectivity index (χ4v) is 3.25. The Morgan fingerprint density at radius 3 is 2.36 bits per heavy atom. The number of carboxylic acid groups (broad SMARTS) is 1. The number of aliphatic carboxylic acids is 1. The number of fused-ring (bicyclic) bond motifs is 1. The van der Waals surface area contributed by atoms with Gasteiger partial charge in [-0.25, -0.2) is 0 Å². The largest absolute Gasteiger partial charge is 0.481 e. The number of hydrogen-bond donors (Lipinski definition) is 1. The van der Waals surface area contributed by atoms with Crippen LogP contribution < -0.4 is 0 Å². The second-order valence-electron chi connectivity index (χ2n) is 4.58. The van der Waals surface area contributed by atoms with Gasteiger partial charge in [-0.2, -0.15) is 0 Å². The molecule has 0 amide bonds. The van der Waals surface area contributed by atoms with E-state index in [4.69, 9.17) is 5.11 Å². The molecule has 0 bridgehead atoms. The van der Waals surface area contributed by atoms with Gasteiger partial charge in [-0.15, -0.1) is 0 Å². The summed E-state index contributed by atoms with van der Waals surface area (Å²) in [7, 11) is 0. The van der Waals surface area contributed by atoms with Gasteiger partial charge in [0.2, 0.25) is 0 Å². The summed E-state index contributed by atoms with van der Waals surface area (Å²) in [6.07, 6.45) is 8.39. The van der Waals surface area contributed by atoms with Crippen molar-refractivity contribution >= 4 is 5.97 Å². The maximum Gasteiger partial charge on any atom is 0.306 e. The molecule has 3 atom stereocenters. The van der Waals surface area contributed by atoms with E-state index in [0.717, 1.165) is 18.8 Å². The van der Waals surface area contributed by atoms with Crippen molar-refractivity contribution in [2.45, 2.75) is 44.9 Å². The van der Waals surface area contributed by atoms with Gasteiger partial charge in [0.05, 0.1) is 5.92 Å². The predicted octanol–water partition coefficient (Wildman–Crippen LogP) is 2.68. The minimum absolute atomic E-state index is 0. The van der Waals surface area contributed by atoms with E-state index in [1.165, 1.54) is 32.1 Å². The average Bonchev–Trinajstić information content (AvgIpc) is 2.17. The molecule has 0 aromatic carbocycles. The first-order valence-electron chi connectivity index (χ1n) is 5.52. The molecule has 2 aliphatic carbocycles. The van der Waals surface area contributed by atoms with E-state index in [-0.39, 0.29) is 22.7 Å². The molecule has 3 unspecified atom stereocenters. The van der Waals surface area contributed by atoms with Crippen molar-refractivity contribution < 1.29 is 26.7 Å². The van der Waals surface area contributed by atoms with Gasteiger partial charge in [-0.3, -0.25) is 4.79 Å². The molecule has 2 aliphatic rings. The van der Waals surface area contributed by atoms with E-state index in [1.54, 1.807) is 0 Å². The molecular weight excluding hydrogens is 223 g/mol. The monoisotopic (exact) mass is 241 g/mol. The van der Waals surface area contributed by atoms with Crippen molar-refractivity contribution in [3.8, 4) is 0 Å². The Bertz CT molecular complexity index is 203. The fourth-order valence-electron chi connectivity index (χ4n) is 3.25. The Balaban J connectivity index is 0.000000980. The van der Waals surface area contributed by atoms with Gasteiger partial charge in [0.1, 0.15) is 0 Å². The van der Waals surface area contributed by atoms with Crippen LogP contribution in [0.15, 0.2) is 0 Å². The van der Waals surface area contributed by atoms with E-state index in [2.05, 4.69) is 0 Å². The van der Waals surface area contributed by atoms with E-state index in [1.807, 2.05) is 0 Å². The van der Waals surface area contributed by atoms with Crippen molar-refractivity contribution in [1.82, 2.24) is 0 Å². The zero-order chi connectivity index (χ0) is 9.26. The third kappa shape index (κ3) is 2.31. The summed E-state index contributed by atoms with van der Waals surface area (Å²) in [5.74, 6) is 0.694. The summed E-state index contributed by atoms with van der Waals surface area (Å²) in [6, 6.07) is 0.